The number of ether oxygens (including phenoxy) is 1. The van der Waals surface area contributed by atoms with Crippen molar-refractivity contribution < 1.29 is 9.53 Å². The van der Waals surface area contributed by atoms with Gasteiger partial charge in [-0.3, -0.25) is 4.98 Å². The van der Waals surface area contributed by atoms with Gasteiger partial charge in [0.25, 0.3) is 0 Å². The first kappa shape index (κ1) is 15.2. The highest BCUT2D eigenvalue weighted by Gasteiger charge is 2.19. The molecule has 0 radical (unpaired) electrons. The van der Waals surface area contributed by atoms with Crippen LogP contribution >= 0.6 is 0 Å². The van der Waals surface area contributed by atoms with Gasteiger partial charge in [-0.25, -0.2) is 14.8 Å². The van der Waals surface area contributed by atoms with Gasteiger partial charge in [0.2, 0.25) is 0 Å². The first-order valence-electron chi connectivity index (χ1n) is 7.67. The van der Waals surface area contributed by atoms with Crippen LogP contribution in [0.3, 0.4) is 0 Å². The summed E-state index contributed by atoms with van der Waals surface area (Å²) in [6, 6.07) is 3.62. The van der Waals surface area contributed by atoms with Gasteiger partial charge in [0.1, 0.15) is 11.6 Å². The Labute approximate surface area is 134 Å². The maximum Gasteiger partial charge on any atom is 0.339 e. The molecule has 2 aromatic heterocycles. The van der Waals surface area contributed by atoms with Crippen LogP contribution in [0, 0.1) is 0 Å². The maximum atomic E-state index is 11.6. The Hall–Kier alpha value is -2.70. The lowest BCUT2D eigenvalue weighted by Gasteiger charge is -2.35. The van der Waals surface area contributed by atoms with Crippen LogP contribution < -0.4 is 9.80 Å². The summed E-state index contributed by atoms with van der Waals surface area (Å²) in [7, 11) is 0. The topological polar surface area (TPSA) is 71.5 Å². The SMILES string of the molecule is CCOC(=O)c1ccc(N2CCN(c3cnccn3)CC2)nc1. The molecule has 23 heavy (non-hydrogen) atoms. The summed E-state index contributed by atoms with van der Waals surface area (Å²) in [5, 5.41) is 0. The van der Waals surface area contributed by atoms with Crippen molar-refractivity contribution in [1.82, 2.24) is 15.0 Å². The van der Waals surface area contributed by atoms with Crippen LogP contribution in [0.2, 0.25) is 0 Å². The van der Waals surface area contributed by atoms with E-state index in [2.05, 4.69) is 24.8 Å². The number of carbonyl (C=O) groups excluding carboxylic acids is 1. The number of piperazine rings is 1. The predicted molar refractivity (Wildman–Crippen MR) is 86.7 cm³/mol. The molecule has 2 aromatic rings. The average Bonchev–Trinajstić information content (AvgIpc) is 2.63. The third-order valence-corrected chi connectivity index (χ3v) is 3.74. The van der Waals surface area contributed by atoms with Gasteiger partial charge in [0.05, 0.1) is 18.4 Å². The molecule has 0 amide bonds. The second kappa shape index (κ2) is 7.04. The summed E-state index contributed by atoms with van der Waals surface area (Å²) in [5.74, 6) is 1.44. The zero-order valence-electron chi connectivity index (χ0n) is 13.1. The van der Waals surface area contributed by atoms with Crippen molar-refractivity contribution in [2.75, 3.05) is 42.6 Å². The van der Waals surface area contributed by atoms with Crippen molar-refractivity contribution in [3.63, 3.8) is 0 Å². The van der Waals surface area contributed by atoms with Gasteiger partial charge in [-0.2, -0.15) is 0 Å². The van der Waals surface area contributed by atoms with Crippen molar-refractivity contribution in [2.24, 2.45) is 0 Å². The first-order chi connectivity index (χ1) is 11.3. The lowest BCUT2D eigenvalue weighted by atomic mass is 10.2. The maximum absolute atomic E-state index is 11.6. The molecule has 1 saturated heterocycles. The molecule has 7 heteroatoms. The number of aromatic nitrogens is 3. The molecule has 120 valence electrons. The van der Waals surface area contributed by atoms with Gasteiger partial charge in [0.15, 0.2) is 0 Å². The van der Waals surface area contributed by atoms with Crippen LogP contribution in [0.25, 0.3) is 0 Å². The highest BCUT2D eigenvalue weighted by Crippen LogP contribution is 2.17. The van der Waals surface area contributed by atoms with Crippen LogP contribution in [-0.2, 0) is 4.74 Å². The number of pyridine rings is 1. The number of anilines is 2. The number of hydrogen-bond donors (Lipinski definition) is 0. The van der Waals surface area contributed by atoms with Crippen molar-refractivity contribution in [3.8, 4) is 0 Å². The predicted octanol–water partition coefficient (Wildman–Crippen LogP) is 1.37. The van der Waals surface area contributed by atoms with E-state index in [0.29, 0.717) is 12.2 Å². The van der Waals surface area contributed by atoms with Crippen molar-refractivity contribution in [1.29, 1.82) is 0 Å². The molecular weight excluding hydrogens is 294 g/mol. The monoisotopic (exact) mass is 313 g/mol. The molecule has 0 spiro atoms. The van der Waals surface area contributed by atoms with Crippen molar-refractivity contribution >= 4 is 17.6 Å². The van der Waals surface area contributed by atoms with Gasteiger partial charge >= 0.3 is 5.97 Å². The molecule has 0 bridgehead atoms. The first-order valence-corrected chi connectivity index (χ1v) is 7.67. The Morgan fingerprint density at radius 1 is 1.04 bits per heavy atom. The third-order valence-electron chi connectivity index (χ3n) is 3.74. The Balaban J connectivity index is 1.60. The lowest BCUT2D eigenvalue weighted by molar-refractivity contribution is 0.0526. The molecule has 0 aromatic carbocycles. The summed E-state index contributed by atoms with van der Waals surface area (Å²) in [5.41, 5.74) is 0.480. The summed E-state index contributed by atoms with van der Waals surface area (Å²) in [4.78, 5) is 28.9. The van der Waals surface area contributed by atoms with Crippen LogP contribution in [-0.4, -0.2) is 53.7 Å². The Morgan fingerprint density at radius 2 is 1.78 bits per heavy atom. The van der Waals surface area contributed by atoms with E-state index >= 15 is 0 Å². The average molecular weight is 313 g/mol. The van der Waals surface area contributed by atoms with E-state index < -0.39 is 0 Å². The zero-order valence-corrected chi connectivity index (χ0v) is 13.1. The molecule has 1 aliphatic rings. The Kier molecular flexibility index (Phi) is 4.65. The summed E-state index contributed by atoms with van der Waals surface area (Å²) in [6.07, 6.45) is 6.73. The summed E-state index contributed by atoms with van der Waals surface area (Å²) < 4.78 is 4.96. The highest BCUT2D eigenvalue weighted by atomic mass is 16.5. The molecule has 1 fully saturated rings. The number of hydrogen-bond acceptors (Lipinski definition) is 7. The van der Waals surface area contributed by atoms with Crippen molar-refractivity contribution in [3.05, 3.63) is 42.5 Å². The molecule has 0 saturated carbocycles. The third kappa shape index (κ3) is 3.56. The molecule has 1 aliphatic heterocycles. The van der Waals surface area contributed by atoms with Gasteiger partial charge in [-0.05, 0) is 19.1 Å². The fourth-order valence-corrected chi connectivity index (χ4v) is 2.53. The molecular formula is C16H19N5O2. The molecule has 0 atom stereocenters. The van der Waals surface area contributed by atoms with E-state index in [9.17, 15) is 4.79 Å². The summed E-state index contributed by atoms with van der Waals surface area (Å²) in [6.45, 7) is 5.58. The standard InChI is InChI=1S/C16H19N5O2/c1-2-23-16(22)13-3-4-14(19-11-13)20-7-9-21(10-8-20)15-12-17-5-6-18-15/h3-6,11-12H,2,7-10H2,1H3. The van der Waals surface area contributed by atoms with Crippen molar-refractivity contribution in [2.45, 2.75) is 6.92 Å². The van der Waals surface area contributed by atoms with Gasteiger partial charge < -0.3 is 14.5 Å². The van der Waals surface area contributed by atoms with Gasteiger partial charge in [0, 0.05) is 44.8 Å². The molecule has 0 aliphatic carbocycles. The molecule has 3 rings (SSSR count). The quantitative estimate of drug-likeness (QED) is 0.790. The van der Waals surface area contributed by atoms with Crippen LogP contribution in [0.4, 0.5) is 11.6 Å². The molecule has 7 nitrogen and oxygen atoms in total. The fourth-order valence-electron chi connectivity index (χ4n) is 2.53. The molecule has 3 heterocycles. The van der Waals surface area contributed by atoms with E-state index in [-0.39, 0.29) is 5.97 Å². The second-order valence-electron chi connectivity index (χ2n) is 5.16. The second-order valence-corrected chi connectivity index (χ2v) is 5.16. The minimum Gasteiger partial charge on any atom is -0.462 e. The number of esters is 1. The molecule has 0 N–H and O–H groups in total. The number of rotatable bonds is 4. The fraction of sp³-hybridized carbons (Fsp3) is 0.375. The minimum atomic E-state index is -0.334. The Bertz CT molecular complexity index is 639. The lowest BCUT2D eigenvalue weighted by Crippen LogP contribution is -2.47. The van der Waals surface area contributed by atoms with E-state index in [1.165, 1.54) is 0 Å². The van der Waals surface area contributed by atoms with Crippen LogP contribution in [0.1, 0.15) is 17.3 Å². The number of carbonyl (C=O) groups is 1. The Morgan fingerprint density at radius 3 is 2.35 bits per heavy atom. The largest absolute Gasteiger partial charge is 0.462 e. The van der Waals surface area contributed by atoms with Crippen LogP contribution in [0.15, 0.2) is 36.9 Å². The normalized spacial score (nSPS) is 14.7. The van der Waals surface area contributed by atoms with E-state index in [1.54, 1.807) is 37.8 Å². The highest BCUT2D eigenvalue weighted by molar-refractivity contribution is 5.89. The molecule has 0 unspecified atom stereocenters. The minimum absolute atomic E-state index is 0.334. The van der Waals surface area contributed by atoms with Gasteiger partial charge in [-0.1, -0.05) is 0 Å². The zero-order chi connectivity index (χ0) is 16.1. The van der Waals surface area contributed by atoms with E-state index in [0.717, 1.165) is 37.8 Å². The number of nitrogens with zero attached hydrogens (tertiary/aromatic N) is 5. The summed E-state index contributed by atoms with van der Waals surface area (Å²) >= 11 is 0. The van der Waals surface area contributed by atoms with Crippen LogP contribution in [0.5, 0.6) is 0 Å². The van der Waals surface area contributed by atoms with Gasteiger partial charge in [-0.15, -0.1) is 0 Å². The smallest absolute Gasteiger partial charge is 0.339 e. The van der Waals surface area contributed by atoms with E-state index in [1.807, 2.05) is 6.07 Å². The van der Waals surface area contributed by atoms with E-state index in [4.69, 9.17) is 4.74 Å².